The van der Waals surface area contributed by atoms with E-state index in [1.54, 1.807) is 13.0 Å². The van der Waals surface area contributed by atoms with Crippen molar-refractivity contribution in [3.05, 3.63) is 23.2 Å². The van der Waals surface area contributed by atoms with E-state index < -0.39 is 10.0 Å². The summed E-state index contributed by atoms with van der Waals surface area (Å²) in [5.74, 6) is 0.700. The van der Waals surface area contributed by atoms with Gasteiger partial charge in [0.2, 0.25) is 5.13 Å². The van der Waals surface area contributed by atoms with Crippen molar-refractivity contribution in [2.45, 2.75) is 11.8 Å². The summed E-state index contributed by atoms with van der Waals surface area (Å²) in [4.78, 5) is 0.00801. The van der Waals surface area contributed by atoms with Gasteiger partial charge in [-0.1, -0.05) is 11.3 Å². The summed E-state index contributed by atoms with van der Waals surface area (Å²) in [6.07, 6.45) is 0. The molecule has 20 heavy (non-hydrogen) atoms. The van der Waals surface area contributed by atoms with Crippen molar-refractivity contribution < 1.29 is 17.9 Å². The van der Waals surface area contributed by atoms with Crippen molar-refractivity contribution in [3.8, 4) is 11.5 Å². The average molecular weight is 315 g/mol. The predicted molar refractivity (Wildman–Crippen MR) is 75.0 cm³/mol. The van der Waals surface area contributed by atoms with E-state index in [0.29, 0.717) is 10.8 Å². The van der Waals surface area contributed by atoms with Crippen molar-refractivity contribution in [2.24, 2.45) is 0 Å². The van der Waals surface area contributed by atoms with Crippen molar-refractivity contribution in [1.82, 2.24) is 10.2 Å². The van der Waals surface area contributed by atoms with Gasteiger partial charge >= 0.3 is 0 Å². The summed E-state index contributed by atoms with van der Waals surface area (Å²) in [7, 11) is -0.907. The van der Waals surface area contributed by atoms with E-state index in [1.807, 2.05) is 0 Å². The minimum absolute atomic E-state index is 0.00801. The highest BCUT2D eigenvalue weighted by atomic mass is 32.2. The van der Waals surface area contributed by atoms with E-state index >= 15 is 0 Å². The van der Waals surface area contributed by atoms with E-state index in [4.69, 9.17) is 9.47 Å². The second kappa shape index (κ2) is 5.63. The number of nitrogens with one attached hydrogen (secondary N) is 1. The Balaban J connectivity index is 2.38. The number of aryl methyl sites for hydroxylation is 1. The molecular formula is C11H13N3O4S2. The van der Waals surface area contributed by atoms with Crippen LogP contribution in [0.5, 0.6) is 11.5 Å². The fourth-order valence-corrected chi connectivity index (χ4v) is 3.48. The molecule has 108 valence electrons. The maximum absolute atomic E-state index is 12.3. The summed E-state index contributed by atoms with van der Waals surface area (Å²) in [5.41, 5.74) is 0. The van der Waals surface area contributed by atoms with E-state index in [1.165, 1.54) is 26.4 Å². The van der Waals surface area contributed by atoms with Crippen LogP contribution in [-0.2, 0) is 10.0 Å². The van der Waals surface area contributed by atoms with Gasteiger partial charge in [0.25, 0.3) is 10.0 Å². The topological polar surface area (TPSA) is 90.4 Å². The van der Waals surface area contributed by atoms with E-state index in [2.05, 4.69) is 14.9 Å². The molecule has 0 bridgehead atoms. The summed E-state index contributed by atoms with van der Waals surface area (Å²) in [6.45, 7) is 1.74. The van der Waals surface area contributed by atoms with Crippen LogP contribution in [0.15, 0.2) is 23.1 Å². The Labute approximate surface area is 120 Å². The zero-order chi connectivity index (χ0) is 14.8. The van der Waals surface area contributed by atoms with Crippen molar-refractivity contribution >= 4 is 26.5 Å². The van der Waals surface area contributed by atoms with Crippen LogP contribution in [0.4, 0.5) is 5.13 Å². The molecule has 0 radical (unpaired) electrons. The maximum atomic E-state index is 12.3. The van der Waals surface area contributed by atoms with Gasteiger partial charge in [-0.25, -0.2) is 8.42 Å². The molecule has 1 N–H and O–H groups in total. The van der Waals surface area contributed by atoms with E-state index in [9.17, 15) is 8.42 Å². The van der Waals surface area contributed by atoms with Crippen LogP contribution in [0.25, 0.3) is 0 Å². The number of ether oxygens (including phenoxy) is 2. The first-order valence-electron chi connectivity index (χ1n) is 5.51. The SMILES string of the molecule is COc1ccc(S(=O)(=O)Nc2nnc(C)s2)c(OC)c1. The lowest BCUT2D eigenvalue weighted by atomic mass is 10.3. The summed E-state index contributed by atoms with van der Waals surface area (Å²) >= 11 is 1.15. The van der Waals surface area contributed by atoms with E-state index in [0.717, 1.165) is 11.3 Å². The van der Waals surface area contributed by atoms with Crippen molar-refractivity contribution in [2.75, 3.05) is 18.9 Å². The molecule has 0 saturated heterocycles. The fourth-order valence-electron chi connectivity index (χ4n) is 1.50. The molecule has 1 aromatic heterocycles. The van der Waals surface area contributed by atoms with Crippen LogP contribution in [0, 0.1) is 6.92 Å². The molecule has 1 heterocycles. The average Bonchev–Trinajstić information content (AvgIpc) is 2.82. The minimum Gasteiger partial charge on any atom is -0.497 e. The predicted octanol–water partition coefficient (Wildman–Crippen LogP) is 1.66. The Morgan fingerprint density at radius 2 is 1.95 bits per heavy atom. The highest BCUT2D eigenvalue weighted by molar-refractivity contribution is 7.93. The number of aromatic nitrogens is 2. The molecule has 9 heteroatoms. The van der Waals surface area contributed by atoms with Gasteiger partial charge in [0, 0.05) is 6.07 Å². The first-order valence-corrected chi connectivity index (χ1v) is 7.81. The van der Waals surface area contributed by atoms with Gasteiger partial charge in [-0.2, -0.15) is 0 Å². The zero-order valence-corrected chi connectivity index (χ0v) is 12.7. The number of anilines is 1. The highest BCUT2D eigenvalue weighted by Crippen LogP contribution is 2.30. The first kappa shape index (κ1) is 14.5. The highest BCUT2D eigenvalue weighted by Gasteiger charge is 2.21. The number of rotatable bonds is 5. The molecule has 0 aliphatic rings. The number of benzene rings is 1. The number of hydrogen-bond donors (Lipinski definition) is 1. The molecule has 0 spiro atoms. The van der Waals surface area contributed by atoms with Gasteiger partial charge in [0.15, 0.2) is 0 Å². The Morgan fingerprint density at radius 3 is 2.50 bits per heavy atom. The lowest BCUT2D eigenvalue weighted by molar-refractivity contribution is 0.386. The van der Waals surface area contributed by atoms with Crippen LogP contribution in [0.3, 0.4) is 0 Å². The lowest BCUT2D eigenvalue weighted by Crippen LogP contribution is -2.14. The Hall–Kier alpha value is -1.87. The third kappa shape index (κ3) is 2.99. The molecule has 0 aliphatic carbocycles. The molecule has 2 aromatic rings. The number of sulfonamides is 1. The molecule has 0 amide bonds. The molecule has 7 nitrogen and oxygen atoms in total. The molecule has 0 atom stereocenters. The molecule has 0 fully saturated rings. The standard InChI is InChI=1S/C11H13N3O4S2/c1-7-12-13-11(19-7)14-20(15,16)10-5-4-8(17-2)6-9(10)18-3/h4-6H,1-3H3,(H,13,14). The van der Waals surface area contributed by atoms with Crippen LogP contribution in [-0.4, -0.2) is 32.8 Å². The lowest BCUT2D eigenvalue weighted by Gasteiger charge is -2.11. The Bertz CT molecular complexity index is 712. The maximum Gasteiger partial charge on any atom is 0.267 e. The van der Waals surface area contributed by atoms with Crippen LogP contribution < -0.4 is 14.2 Å². The van der Waals surface area contributed by atoms with Gasteiger partial charge in [0.1, 0.15) is 21.4 Å². The van der Waals surface area contributed by atoms with Gasteiger partial charge in [-0.3, -0.25) is 4.72 Å². The molecular weight excluding hydrogens is 302 g/mol. The number of methoxy groups -OCH3 is 2. The fraction of sp³-hybridized carbons (Fsp3) is 0.273. The zero-order valence-electron chi connectivity index (χ0n) is 11.1. The second-order valence-corrected chi connectivity index (χ2v) is 6.58. The Morgan fingerprint density at radius 1 is 1.20 bits per heavy atom. The number of hydrogen-bond acceptors (Lipinski definition) is 7. The number of nitrogens with zero attached hydrogens (tertiary/aromatic N) is 2. The molecule has 2 rings (SSSR count). The first-order chi connectivity index (χ1) is 9.46. The monoisotopic (exact) mass is 315 g/mol. The molecule has 1 aromatic carbocycles. The molecule has 0 aliphatic heterocycles. The molecule has 0 saturated carbocycles. The Kier molecular flexibility index (Phi) is 4.09. The third-order valence-corrected chi connectivity index (χ3v) is 4.67. The third-order valence-electron chi connectivity index (χ3n) is 2.41. The summed E-state index contributed by atoms with van der Waals surface area (Å²) in [6, 6.07) is 4.45. The summed E-state index contributed by atoms with van der Waals surface area (Å²) < 4.78 is 37.1. The van der Waals surface area contributed by atoms with Gasteiger partial charge in [-0.15, -0.1) is 10.2 Å². The van der Waals surface area contributed by atoms with Gasteiger partial charge in [-0.05, 0) is 19.1 Å². The van der Waals surface area contributed by atoms with Crippen molar-refractivity contribution in [1.29, 1.82) is 0 Å². The molecule has 0 unspecified atom stereocenters. The van der Waals surface area contributed by atoms with Crippen molar-refractivity contribution in [3.63, 3.8) is 0 Å². The largest absolute Gasteiger partial charge is 0.497 e. The normalized spacial score (nSPS) is 11.2. The van der Waals surface area contributed by atoms with Gasteiger partial charge in [0.05, 0.1) is 14.2 Å². The smallest absolute Gasteiger partial charge is 0.267 e. The van der Waals surface area contributed by atoms with E-state index in [-0.39, 0.29) is 15.8 Å². The minimum atomic E-state index is -3.79. The van der Waals surface area contributed by atoms with Crippen LogP contribution >= 0.6 is 11.3 Å². The summed E-state index contributed by atoms with van der Waals surface area (Å²) in [5, 5.41) is 8.36. The van der Waals surface area contributed by atoms with Crippen LogP contribution in [0.1, 0.15) is 5.01 Å². The quantitative estimate of drug-likeness (QED) is 0.902. The van der Waals surface area contributed by atoms with Crippen LogP contribution in [0.2, 0.25) is 0 Å². The van der Waals surface area contributed by atoms with Gasteiger partial charge < -0.3 is 9.47 Å². The second-order valence-electron chi connectivity index (χ2n) is 3.75.